The molecule has 1 aromatic rings. The van der Waals surface area contributed by atoms with Crippen LogP contribution < -0.4 is 16.4 Å². The number of nitrogens with two attached hydrogens (primary N) is 1. The monoisotopic (exact) mass is 265 g/mol. The van der Waals surface area contributed by atoms with Crippen LogP contribution in [0.4, 0.5) is 11.4 Å². The maximum absolute atomic E-state index is 11.8. The minimum atomic E-state index is -0.309. The Labute approximate surface area is 112 Å². The van der Waals surface area contributed by atoms with Crippen LogP contribution in [0.1, 0.15) is 23.7 Å². The zero-order valence-electron chi connectivity index (χ0n) is 11.2. The second kappa shape index (κ2) is 7.25. The molecule has 0 atom stereocenters. The normalized spacial score (nSPS) is 9.79. The standard InChI is InChI=1S/C13H19N3O3/c1-3-15-13(18)10-5-4-9(14)8-11(10)16-7-6-12(17)19-2/h4-5,8,16H,3,6-7,14H2,1-2H3,(H,15,18). The van der Waals surface area contributed by atoms with Crippen LogP contribution >= 0.6 is 0 Å². The van der Waals surface area contributed by atoms with E-state index in [-0.39, 0.29) is 18.3 Å². The number of hydrogen-bond donors (Lipinski definition) is 3. The molecule has 0 aliphatic heterocycles. The Kier molecular flexibility index (Phi) is 5.66. The van der Waals surface area contributed by atoms with Crippen LogP contribution in [0.2, 0.25) is 0 Å². The highest BCUT2D eigenvalue weighted by Gasteiger charge is 2.11. The van der Waals surface area contributed by atoms with Crippen molar-refractivity contribution < 1.29 is 14.3 Å². The second-order valence-electron chi connectivity index (χ2n) is 3.92. The summed E-state index contributed by atoms with van der Waals surface area (Å²) in [5, 5.41) is 5.74. The van der Waals surface area contributed by atoms with Gasteiger partial charge in [-0.3, -0.25) is 9.59 Å². The molecule has 1 rings (SSSR count). The average Bonchev–Trinajstić information content (AvgIpc) is 2.38. The maximum Gasteiger partial charge on any atom is 0.307 e. The van der Waals surface area contributed by atoms with Gasteiger partial charge in [0.1, 0.15) is 0 Å². The van der Waals surface area contributed by atoms with Crippen molar-refractivity contribution in [3.05, 3.63) is 23.8 Å². The topological polar surface area (TPSA) is 93.5 Å². The fourth-order valence-corrected chi connectivity index (χ4v) is 1.56. The third-order valence-corrected chi connectivity index (χ3v) is 2.50. The molecule has 0 saturated heterocycles. The molecule has 6 heteroatoms. The van der Waals surface area contributed by atoms with Crippen molar-refractivity contribution in [3.8, 4) is 0 Å². The Bertz CT molecular complexity index is 460. The SMILES string of the molecule is CCNC(=O)c1ccc(N)cc1NCCC(=O)OC. The number of anilines is 2. The molecule has 0 unspecified atom stereocenters. The minimum absolute atomic E-state index is 0.178. The summed E-state index contributed by atoms with van der Waals surface area (Å²) in [5.74, 6) is -0.487. The summed E-state index contributed by atoms with van der Waals surface area (Å²) in [5.41, 5.74) is 7.35. The van der Waals surface area contributed by atoms with E-state index in [0.29, 0.717) is 30.0 Å². The van der Waals surface area contributed by atoms with E-state index < -0.39 is 0 Å². The summed E-state index contributed by atoms with van der Waals surface area (Å²) >= 11 is 0. The molecule has 0 aliphatic carbocycles. The van der Waals surface area contributed by atoms with Gasteiger partial charge < -0.3 is 21.1 Å². The Morgan fingerprint density at radius 2 is 2.11 bits per heavy atom. The summed E-state index contributed by atoms with van der Waals surface area (Å²) in [6.07, 6.45) is 0.222. The highest BCUT2D eigenvalue weighted by atomic mass is 16.5. The number of nitrogen functional groups attached to an aromatic ring is 1. The molecular weight excluding hydrogens is 246 g/mol. The van der Waals surface area contributed by atoms with Gasteiger partial charge in [0.15, 0.2) is 0 Å². The Balaban J connectivity index is 2.76. The molecule has 0 fully saturated rings. The van der Waals surface area contributed by atoms with Crippen LogP contribution in [-0.2, 0) is 9.53 Å². The number of hydrogen-bond acceptors (Lipinski definition) is 5. The molecule has 0 bridgehead atoms. The number of nitrogens with one attached hydrogen (secondary N) is 2. The van der Waals surface area contributed by atoms with E-state index in [1.54, 1.807) is 18.2 Å². The van der Waals surface area contributed by atoms with Gasteiger partial charge in [-0.1, -0.05) is 0 Å². The van der Waals surface area contributed by atoms with Gasteiger partial charge in [-0.05, 0) is 25.1 Å². The first-order chi connectivity index (χ1) is 9.08. The lowest BCUT2D eigenvalue weighted by Crippen LogP contribution is -2.24. The first-order valence-electron chi connectivity index (χ1n) is 6.07. The predicted octanol–water partition coefficient (Wildman–Crippen LogP) is 0.993. The summed E-state index contributed by atoms with van der Waals surface area (Å²) in [4.78, 5) is 22.9. The van der Waals surface area contributed by atoms with Crippen molar-refractivity contribution in [3.63, 3.8) is 0 Å². The number of benzene rings is 1. The van der Waals surface area contributed by atoms with Crippen LogP contribution in [0, 0.1) is 0 Å². The fraction of sp³-hybridized carbons (Fsp3) is 0.385. The van der Waals surface area contributed by atoms with Crippen molar-refractivity contribution in [1.29, 1.82) is 0 Å². The quantitative estimate of drug-likeness (QED) is 0.527. The van der Waals surface area contributed by atoms with E-state index in [2.05, 4.69) is 15.4 Å². The van der Waals surface area contributed by atoms with Crippen molar-refractivity contribution in [2.45, 2.75) is 13.3 Å². The van der Waals surface area contributed by atoms with Gasteiger partial charge in [0, 0.05) is 24.5 Å². The molecule has 0 aliphatic rings. The average molecular weight is 265 g/mol. The Morgan fingerprint density at radius 1 is 1.37 bits per heavy atom. The number of esters is 1. The number of amides is 1. The third-order valence-electron chi connectivity index (χ3n) is 2.50. The Hall–Kier alpha value is -2.24. The maximum atomic E-state index is 11.8. The molecule has 0 spiro atoms. The molecular formula is C13H19N3O3. The minimum Gasteiger partial charge on any atom is -0.469 e. The predicted molar refractivity (Wildman–Crippen MR) is 74.0 cm³/mol. The molecule has 4 N–H and O–H groups in total. The fourth-order valence-electron chi connectivity index (χ4n) is 1.56. The number of rotatable bonds is 6. The summed E-state index contributed by atoms with van der Waals surface area (Å²) in [7, 11) is 1.34. The lowest BCUT2D eigenvalue weighted by atomic mass is 10.1. The first-order valence-corrected chi connectivity index (χ1v) is 6.07. The van der Waals surface area contributed by atoms with Crippen molar-refractivity contribution in [2.75, 3.05) is 31.2 Å². The summed E-state index contributed by atoms with van der Waals surface area (Å²) in [6, 6.07) is 4.98. The van der Waals surface area contributed by atoms with Gasteiger partial charge in [-0.25, -0.2) is 0 Å². The van der Waals surface area contributed by atoms with E-state index in [4.69, 9.17) is 5.73 Å². The third kappa shape index (κ3) is 4.50. The van der Waals surface area contributed by atoms with Gasteiger partial charge in [0.25, 0.3) is 5.91 Å². The smallest absolute Gasteiger partial charge is 0.307 e. The van der Waals surface area contributed by atoms with Gasteiger partial charge >= 0.3 is 5.97 Å². The highest BCUT2D eigenvalue weighted by Crippen LogP contribution is 2.19. The molecule has 6 nitrogen and oxygen atoms in total. The summed E-state index contributed by atoms with van der Waals surface area (Å²) < 4.78 is 4.55. The molecule has 0 radical (unpaired) electrons. The van der Waals surface area contributed by atoms with E-state index >= 15 is 0 Å². The molecule has 104 valence electrons. The molecule has 0 saturated carbocycles. The van der Waals surface area contributed by atoms with Gasteiger partial charge in [-0.15, -0.1) is 0 Å². The highest BCUT2D eigenvalue weighted by molar-refractivity contribution is 6.00. The van der Waals surface area contributed by atoms with Crippen molar-refractivity contribution in [2.24, 2.45) is 0 Å². The van der Waals surface area contributed by atoms with E-state index in [1.807, 2.05) is 6.92 Å². The molecule has 0 heterocycles. The van der Waals surface area contributed by atoms with E-state index in [1.165, 1.54) is 7.11 Å². The number of methoxy groups -OCH3 is 1. The van der Waals surface area contributed by atoms with E-state index in [9.17, 15) is 9.59 Å². The number of carbonyl (C=O) groups is 2. The number of ether oxygens (including phenoxy) is 1. The van der Waals surface area contributed by atoms with Crippen molar-refractivity contribution in [1.82, 2.24) is 5.32 Å². The summed E-state index contributed by atoms with van der Waals surface area (Å²) in [6.45, 7) is 2.77. The molecule has 19 heavy (non-hydrogen) atoms. The first kappa shape index (κ1) is 14.8. The van der Waals surface area contributed by atoms with Crippen molar-refractivity contribution >= 4 is 23.3 Å². The largest absolute Gasteiger partial charge is 0.469 e. The number of carbonyl (C=O) groups excluding carboxylic acids is 2. The lowest BCUT2D eigenvalue weighted by Gasteiger charge is -2.12. The van der Waals surface area contributed by atoms with Crippen LogP contribution in [0.5, 0.6) is 0 Å². The van der Waals surface area contributed by atoms with Crippen LogP contribution in [0.25, 0.3) is 0 Å². The zero-order valence-corrected chi connectivity index (χ0v) is 11.2. The van der Waals surface area contributed by atoms with Gasteiger partial charge in [-0.2, -0.15) is 0 Å². The van der Waals surface area contributed by atoms with Gasteiger partial charge in [0.05, 0.1) is 19.1 Å². The zero-order chi connectivity index (χ0) is 14.3. The second-order valence-corrected chi connectivity index (χ2v) is 3.92. The van der Waals surface area contributed by atoms with Crippen LogP contribution in [0.3, 0.4) is 0 Å². The molecule has 1 aromatic carbocycles. The molecule has 0 aromatic heterocycles. The molecule has 1 amide bonds. The van der Waals surface area contributed by atoms with Crippen LogP contribution in [0.15, 0.2) is 18.2 Å². The Morgan fingerprint density at radius 3 is 2.74 bits per heavy atom. The lowest BCUT2D eigenvalue weighted by molar-refractivity contribution is -0.140. The van der Waals surface area contributed by atoms with Gasteiger partial charge in [0.2, 0.25) is 0 Å². The van der Waals surface area contributed by atoms with Crippen LogP contribution in [-0.4, -0.2) is 32.1 Å². The van der Waals surface area contributed by atoms with E-state index in [0.717, 1.165) is 0 Å².